The average molecular weight is 459 g/mol. The molecule has 4 heterocycles. The Morgan fingerprint density at radius 2 is 1.94 bits per heavy atom. The van der Waals surface area contributed by atoms with Crippen LogP contribution in [0, 0.1) is 0 Å². The molecule has 0 radical (unpaired) electrons. The van der Waals surface area contributed by atoms with Crippen molar-refractivity contribution < 1.29 is 18.7 Å². The summed E-state index contributed by atoms with van der Waals surface area (Å²) in [5, 5.41) is 10.6. The van der Waals surface area contributed by atoms with Gasteiger partial charge in [-0.25, -0.2) is 0 Å². The fourth-order valence-electron chi connectivity index (χ4n) is 3.54. The number of benzene rings is 1. The van der Waals surface area contributed by atoms with Crippen molar-refractivity contribution in [1.29, 1.82) is 0 Å². The highest BCUT2D eigenvalue weighted by atomic mass is 32.2. The zero-order valence-electron chi connectivity index (χ0n) is 16.8. The van der Waals surface area contributed by atoms with Gasteiger partial charge in [-0.1, -0.05) is 30.0 Å². The van der Waals surface area contributed by atoms with Gasteiger partial charge in [0, 0.05) is 37.6 Å². The van der Waals surface area contributed by atoms with Crippen LogP contribution in [0.15, 0.2) is 51.4 Å². The minimum absolute atomic E-state index is 0.0895. The monoisotopic (exact) mass is 458 g/mol. The van der Waals surface area contributed by atoms with E-state index in [2.05, 4.69) is 32.6 Å². The average Bonchev–Trinajstić information content (AvgIpc) is 3.50. The number of thiophene rings is 1. The summed E-state index contributed by atoms with van der Waals surface area (Å²) in [5.74, 6) is 2.07. The van der Waals surface area contributed by atoms with Crippen molar-refractivity contribution in [3.63, 3.8) is 0 Å². The second-order valence-corrected chi connectivity index (χ2v) is 9.25. The third-order valence-electron chi connectivity index (χ3n) is 5.21. The maximum Gasteiger partial charge on any atom is 0.277 e. The van der Waals surface area contributed by atoms with Crippen LogP contribution in [-0.4, -0.2) is 64.4 Å². The van der Waals surface area contributed by atoms with Gasteiger partial charge in [0.25, 0.3) is 11.1 Å². The Balaban J connectivity index is 1.09. The summed E-state index contributed by atoms with van der Waals surface area (Å²) < 4.78 is 17.3. The molecule has 2 aromatic heterocycles. The first-order valence-electron chi connectivity index (χ1n) is 10.1. The number of amides is 1. The Labute approximate surface area is 188 Å². The van der Waals surface area contributed by atoms with Gasteiger partial charge in [0.05, 0.1) is 5.75 Å². The van der Waals surface area contributed by atoms with E-state index in [0.29, 0.717) is 29.2 Å². The normalized spacial score (nSPS) is 18.8. The van der Waals surface area contributed by atoms with E-state index in [1.54, 1.807) is 11.3 Å². The zero-order valence-corrected chi connectivity index (χ0v) is 18.4. The minimum atomic E-state index is -0.455. The molecule has 2 aliphatic heterocycles. The highest BCUT2D eigenvalue weighted by Gasteiger charge is 2.28. The largest absolute Gasteiger partial charge is 0.485 e. The summed E-state index contributed by atoms with van der Waals surface area (Å²) in [6, 6.07) is 11.7. The second kappa shape index (κ2) is 9.29. The maximum absolute atomic E-state index is 12.6. The first kappa shape index (κ1) is 20.3. The SMILES string of the molecule is O=C(CSc1nnc(C2COc3ccccc3O2)o1)N1CCN(Cc2cccs2)CC1. The van der Waals surface area contributed by atoms with E-state index in [-0.39, 0.29) is 11.7 Å². The molecule has 0 aliphatic carbocycles. The first-order valence-corrected chi connectivity index (χ1v) is 12.0. The summed E-state index contributed by atoms with van der Waals surface area (Å²) in [5.41, 5.74) is 0. The number of para-hydroxylation sites is 2. The van der Waals surface area contributed by atoms with Crippen LogP contribution < -0.4 is 9.47 Å². The molecular weight excluding hydrogens is 436 g/mol. The van der Waals surface area contributed by atoms with E-state index in [4.69, 9.17) is 13.9 Å². The zero-order chi connectivity index (χ0) is 21.0. The molecule has 1 aromatic carbocycles. The molecule has 0 saturated carbocycles. The van der Waals surface area contributed by atoms with Crippen molar-refractivity contribution in [2.45, 2.75) is 17.9 Å². The molecule has 0 spiro atoms. The number of hydrogen-bond acceptors (Lipinski definition) is 9. The second-order valence-electron chi connectivity index (χ2n) is 7.30. The van der Waals surface area contributed by atoms with Crippen molar-refractivity contribution in [2.75, 3.05) is 38.5 Å². The van der Waals surface area contributed by atoms with Crippen molar-refractivity contribution in [2.24, 2.45) is 0 Å². The van der Waals surface area contributed by atoms with Gasteiger partial charge in [0.15, 0.2) is 11.5 Å². The lowest BCUT2D eigenvalue weighted by Crippen LogP contribution is -2.48. The molecule has 2 aliphatic rings. The topological polar surface area (TPSA) is 80.9 Å². The van der Waals surface area contributed by atoms with Gasteiger partial charge in [0.1, 0.15) is 6.61 Å². The van der Waals surface area contributed by atoms with E-state index in [0.717, 1.165) is 32.7 Å². The van der Waals surface area contributed by atoms with Gasteiger partial charge in [-0.3, -0.25) is 9.69 Å². The van der Waals surface area contributed by atoms with Crippen LogP contribution in [0.25, 0.3) is 0 Å². The van der Waals surface area contributed by atoms with Crippen LogP contribution in [0.5, 0.6) is 11.5 Å². The van der Waals surface area contributed by atoms with E-state index >= 15 is 0 Å². The van der Waals surface area contributed by atoms with Crippen molar-refractivity contribution in [1.82, 2.24) is 20.0 Å². The van der Waals surface area contributed by atoms with Crippen LogP contribution in [0.2, 0.25) is 0 Å². The summed E-state index contributed by atoms with van der Waals surface area (Å²) in [6.45, 7) is 4.52. The lowest BCUT2D eigenvalue weighted by atomic mass is 10.2. The molecule has 1 amide bonds. The Morgan fingerprint density at radius 3 is 2.74 bits per heavy atom. The van der Waals surface area contributed by atoms with Gasteiger partial charge in [0.2, 0.25) is 12.0 Å². The highest BCUT2D eigenvalue weighted by molar-refractivity contribution is 7.99. The van der Waals surface area contributed by atoms with Crippen LogP contribution in [0.3, 0.4) is 0 Å². The summed E-state index contributed by atoms with van der Waals surface area (Å²) in [6.07, 6.45) is -0.455. The van der Waals surface area contributed by atoms with Crippen LogP contribution in [0.4, 0.5) is 0 Å². The smallest absolute Gasteiger partial charge is 0.277 e. The lowest BCUT2D eigenvalue weighted by Gasteiger charge is -2.34. The predicted molar refractivity (Wildman–Crippen MR) is 117 cm³/mol. The standard InChI is InChI=1S/C21H22N4O4S2/c26-19(25-9-7-24(8-10-25)12-15-4-3-11-30-15)14-31-21-23-22-20(29-21)18-13-27-16-5-1-2-6-17(16)28-18/h1-6,11,18H,7-10,12-14H2. The summed E-state index contributed by atoms with van der Waals surface area (Å²) >= 11 is 3.03. The Bertz CT molecular complexity index is 1020. The van der Waals surface area contributed by atoms with Gasteiger partial charge in [-0.2, -0.15) is 0 Å². The molecule has 5 rings (SSSR count). The van der Waals surface area contributed by atoms with E-state index in [1.165, 1.54) is 16.6 Å². The Morgan fingerprint density at radius 1 is 1.10 bits per heavy atom. The number of piperazine rings is 1. The van der Waals surface area contributed by atoms with Crippen molar-refractivity contribution in [3.8, 4) is 11.5 Å². The minimum Gasteiger partial charge on any atom is -0.485 e. The molecule has 0 bridgehead atoms. The molecule has 1 unspecified atom stereocenters. The lowest BCUT2D eigenvalue weighted by molar-refractivity contribution is -0.130. The third-order valence-corrected chi connectivity index (χ3v) is 6.87. The highest BCUT2D eigenvalue weighted by Crippen LogP contribution is 2.36. The van der Waals surface area contributed by atoms with Crippen LogP contribution >= 0.6 is 23.1 Å². The molecule has 8 nitrogen and oxygen atoms in total. The number of rotatable bonds is 6. The number of carbonyl (C=O) groups excluding carboxylic acids is 1. The molecule has 162 valence electrons. The van der Waals surface area contributed by atoms with Crippen molar-refractivity contribution in [3.05, 3.63) is 52.5 Å². The first-order chi connectivity index (χ1) is 15.2. The summed E-state index contributed by atoms with van der Waals surface area (Å²) in [7, 11) is 0. The molecule has 31 heavy (non-hydrogen) atoms. The number of aromatic nitrogens is 2. The molecule has 10 heteroatoms. The fraction of sp³-hybridized carbons (Fsp3) is 0.381. The Kier molecular flexibility index (Phi) is 6.10. The third kappa shape index (κ3) is 4.86. The van der Waals surface area contributed by atoms with Crippen LogP contribution in [-0.2, 0) is 11.3 Å². The molecular formula is C21H22N4O4S2. The molecule has 1 atom stereocenters. The van der Waals surface area contributed by atoms with Gasteiger partial charge in [-0.15, -0.1) is 21.5 Å². The Hall–Kier alpha value is -2.56. The number of hydrogen-bond donors (Lipinski definition) is 0. The van der Waals surface area contributed by atoms with Gasteiger partial charge < -0.3 is 18.8 Å². The predicted octanol–water partition coefficient (Wildman–Crippen LogP) is 3.08. The number of carbonyl (C=O) groups is 1. The quantitative estimate of drug-likeness (QED) is 0.522. The van der Waals surface area contributed by atoms with Gasteiger partial charge in [-0.05, 0) is 23.6 Å². The van der Waals surface area contributed by atoms with Crippen molar-refractivity contribution >= 4 is 29.0 Å². The number of fused-ring (bicyclic) bond motifs is 1. The van der Waals surface area contributed by atoms with E-state index < -0.39 is 6.10 Å². The molecule has 0 N–H and O–H groups in total. The van der Waals surface area contributed by atoms with Gasteiger partial charge >= 0.3 is 0 Å². The van der Waals surface area contributed by atoms with E-state index in [9.17, 15) is 4.79 Å². The molecule has 1 fully saturated rings. The fourth-order valence-corrected chi connectivity index (χ4v) is 4.96. The van der Waals surface area contributed by atoms with E-state index in [1.807, 2.05) is 29.2 Å². The number of ether oxygens (including phenoxy) is 2. The summed E-state index contributed by atoms with van der Waals surface area (Å²) in [4.78, 5) is 18.2. The number of thioether (sulfide) groups is 1. The number of nitrogens with zero attached hydrogens (tertiary/aromatic N) is 4. The maximum atomic E-state index is 12.6. The van der Waals surface area contributed by atoms with Crippen LogP contribution in [0.1, 0.15) is 16.9 Å². The molecule has 3 aromatic rings. The molecule has 1 saturated heterocycles.